The number of aryl methyl sites for hydroxylation is 1. The second kappa shape index (κ2) is 8.11. The lowest BCUT2D eigenvalue weighted by Gasteiger charge is -2.22. The number of nitrogens with zero attached hydrogens (tertiary/aromatic N) is 2. The van der Waals surface area contributed by atoms with Crippen LogP contribution in [0.5, 0.6) is 5.75 Å². The second-order valence-electron chi connectivity index (χ2n) is 4.63. The number of nitrogens with two attached hydrogens (primary N) is 1. The van der Waals surface area contributed by atoms with Crippen molar-refractivity contribution in [2.24, 2.45) is 10.9 Å². The van der Waals surface area contributed by atoms with E-state index in [-0.39, 0.29) is 23.9 Å². The van der Waals surface area contributed by atoms with Crippen LogP contribution < -0.4 is 5.73 Å². The first-order valence-corrected chi connectivity index (χ1v) is 6.53. The molecule has 116 valence electrons. The van der Waals surface area contributed by atoms with Crippen LogP contribution >= 0.6 is 0 Å². The molecule has 1 aromatic carbocycles. The standard InChI is InChI=1S/C14H21N3O4/c1-10-3-4-11(9-12(10)18)14(19)17(7-8-21-2)6-5-13(15)16-20/h3-4,9,18,20H,5-8H2,1-2H3,(H2,15,16). The van der Waals surface area contributed by atoms with E-state index < -0.39 is 0 Å². The fourth-order valence-electron chi connectivity index (χ4n) is 1.74. The third kappa shape index (κ3) is 4.96. The highest BCUT2D eigenvalue weighted by Crippen LogP contribution is 2.18. The number of hydrogen-bond acceptors (Lipinski definition) is 5. The minimum absolute atomic E-state index is 0.0528. The zero-order valence-corrected chi connectivity index (χ0v) is 12.2. The first kappa shape index (κ1) is 16.8. The van der Waals surface area contributed by atoms with Crippen LogP contribution in [0.15, 0.2) is 23.4 Å². The summed E-state index contributed by atoms with van der Waals surface area (Å²) in [5, 5.41) is 21.1. The van der Waals surface area contributed by atoms with Crippen molar-refractivity contribution in [3.05, 3.63) is 29.3 Å². The number of amidine groups is 1. The average Bonchev–Trinajstić information content (AvgIpc) is 2.49. The number of phenols is 1. The van der Waals surface area contributed by atoms with Gasteiger partial charge in [-0.15, -0.1) is 0 Å². The maximum atomic E-state index is 12.4. The molecule has 0 fully saturated rings. The fourth-order valence-corrected chi connectivity index (χ4v) is 1.74. The number of hydrogen-bond donors (Lipinski definition) is 3. The van der Waals surface area contributed by atoms with E-state index in [2.05, 4.69) is 5.16 Å². The molecule has 0 unspecified atom stereocenters. The molecule has 0 aliphatic heterocycles. The first-order chi connectivity index (χ1) is 9.99. The van der Waals surface area contributed by atoms with Gasteiger partial charge in [0.1, 0.15) is 11.6 Å². The maximum Gasteiger partial charge on any atom is 0.254 e. The molecule has 4 N–H and O–H groups in total. The number of aromatic hydroxyl groups is 1. The summed E-state index contributed by atoms with van der Waals surface area (Å²) < 4.78 is 4.98. The minimum Gasteiger partial charge on any atom is -0.508 e. The fraction of sp³-hybridized carbons (Fsp3) is 0.429. The summed E-state index contributed by atoms with van der Waals surface area (Å²) in [6.07, 6.45) is 0.254. The van der Waals surface area contributed by atoms with Gasteiger partial charge in [0, 0.05) is 32.2 Å². The molecule has 0 atom stereocenters. The molecule has 0 bridgehead atoms. The number of carbonyl (C=O) groups is 1. The van der Waals surface area contributed by atoms with Crippen LogP contribution in [0.2, 0.25) is 0 Å². The predicted molar refractivity (Wildman–Crippen MR) is 78.6 cm³/mol. The van der Waals surface area contributed by atoms with Gasteiger partial charge in [-0.25, -0.2) is 0 Å². The summed E-state index contributed by atoms with van der Waals surface area (Å²) in [5.74, 6) is -0.117. The number of benzene rings is 1. The molecule has 7 nitrogen and oxygen atoms in total. The molecule has 0 saturated carbocycles. The molecule has 1 amide bonds. The Balaban J connectivity index is 2.84. The van der Waals surface area contributed by atoms with Crippen LogP contribution in [0.1, 0.15) is 22.3 Å². The lowest BCUT2D eigenvalue weighted by atomic mass is 10.1. The largest absolute Gasteiger partial charge is 0.508 e. The second-order valence-corrected chi connectivity index (χ2v) is 4.63. The zero-order valence-electron chi connectivity index (χ0n) is 12.2. The van der Waals surface area contributed by atoms with Gasteiger partial charge in [0.2, 0.25) is 0 Å². The van der Waals surface area contributed by atoms with Gasteiger partial charge in [0.25, 0.3) is 5.91 Å². The summed E-state index contributed by atoms with van der Waals surface area (Å²) in [5.41, 5.74) is 6.51. The molecule has 0 aliphatic carbocycles. The number of phenolic OH excluding ortho intramolecular Hbond substituents is 1. The number of oxime groups is 1. The van der Waals surface area contributed by atoms with E-state index in [0.29, 0.717) is 30.8 Å². The SMILES string of the molecule is COCCN(CCC(N)=NO)C(=O)c1ccc(C)c(O)c1. The van der Waals surface area contributed by atoms with Crippen LogP contribution in [-0.4, -0.2) is 53.8 Å². The van der Waals surface area contributed by atoms with E-state index in [4.69, 9.17) is 15.7 Å². The summed E-state index contributed by atoms with van der Waals surface area (Å²) in [7, 11) is 1.55. The van der Waals surface area contributed by atoms with Gasteiger partial charge in [-0.05, 0) is 24.6 Å². The van der Waals surface area contributed by atoms with Crippen LogP contribution in [0.25, 0.3) is 0 Å². The van der Waals surface area contributed by atoms with Crippen molar-refractivity contribution in [3.8, 4) is 5.75 Å². The third-order valence-corrected chi connectivity index (χ3v) is 3.07. The molecule has 0 radical (unpaired) electrons. The monoisotopic (exact) mass is 295 g/mol. The third-order valence-electron chi connectivity index (χ3n) is 3.07. The Morgan fingerprint density at radius 3 is 2.71 bits per heavy atom. The van der Waals surface area contributed by atoms with E-state index in [0.717, 1.165) is 0 Å². The van der Waals surface area contributed by atoms with Crippen molar-refractivity contribution in [2.45, 2.75) is 13.3 Å². The molecular weight excluding hydrogens is 274 g/mol. The summed E-state index contributed by atoms with van der Waals surface area (Å²) >= 11 is 0. The molecule has 21 heavy (non-hydrogen) atoms. The van der Waals surface area contributed by atoms with Gasteiger partial charge in [-0.1, -0.05) is 11.2 Å². The Bertz CT molecular complexity index is 517. The van der Waals surface area contributed by atoms with Crippen molar-refractivity contribution >= 4 is 11.7 Å². The lowest BCUT2D eigenvalue weighted by Crippen LogP contribution is -2.36. The van der Waals surface area contributed by atoms with Gasteiger partial charge in [0.05, 0.1) is 6.61 Å². The van der Waals surface area contributed by atoms with Gasteiger partial charge in [-0.2, -0.15) is 0 Å². The Labute approximate surface area is 123 Å². The van der Waals surface area contributed by atoms with Gasteiger partial charge in [-0.3, -0.25) is 4.79 Å². The normalized spacial score (nSPS) is 11.4. The van der Waals surface area contributed by atoms with Crippen molar-refractivity contribution in [3.63, 3.8) is 0 Å². The highest BCUT2D eigenvalue weighted by atomic mass is 16.5. The smallest absolute Gasteiger partial charge is 0.254 e. The molecule has 7 heteroatoms. The summed E-state index contributed by atoms with van der Waals surface area (Å²) in [6, 6.07) is 4.77. The summed E-state index contributed by atoms with van der Waals surface area (Å²) in [6.45, 7) is 2.81. The van der Waals surface area contributed by atoms with Crippen LogP contribution in [0.4, 0.5) is 0 Å². The van der Waals surface area contributed by atoms with E-state index in [9.17, 15) is 9.90 Å². The Kier molecular flexibility index (Phi) is 6.48. The summed E-state index contributed by atoms with van der Waals surface area (Å²) in [4.78, 5) is 14.0. The van der Waals surface area contributed by atoms with Gasteiger partial charge >= 0.3 is 0 Å². The Morgan fingerprint density at radius 1 is 1.43 bits per heavy atom. The number of carbonyl (C=O) groups excluding carboxylic acids is 1. The molecule has 0 heterocycles. The Hall–Kier alpha value is -2.28. The van der Waals surface area contributed by atoms with Crippen molar-refractivity contribution in [1.82, 2.24) is 4.90 Å². The van der Waals surface area contributed by atoms with E-state index in [1.165, 1.54) is 11.0 Å². The van der Waals surface area contributed by atoms with Crippen LogP contribution in [0.3, 0.4) is 0 Å². The van der Waals surface area contributed by atoms with Gasteiger partial charge in [0.15, 0.2) is 0 Å². The lowest BCUT2D eigenvalue weighted by molar-refractivity contribution is 0.0700. The quantitative estimate of drug-likeness (QED) is 0.300. The van der Waals surface area contributed by atoms with Crippen molar-refractivity contribution in [2.75, 3.05) is 26.8 Å². The predicted octanol–water partition coefficient (Wildman–Crippen LogP) is 0.926. The van der Waals surface area contributed by atoms with Crippen molar-refractivity contribution < 1.29 is 19.8 Å². The molecule has 0 saturated heterocycles. The number of methoxy groups -OCH3 is 1. The number of rotatable bonds is 7. The van der Waals surface area contributed by atoms with E-state index in [1.807, 2.05) is 0 Å². The minimum atomic E-state index is -0.243. The average molecular weight is 295 g/mol. The first-order valence-electron chi connectivity index (χ1n) is 6.53. The zero-order chi connectivity index (χ0) is 15.8. The molecule has 0 spiro atoms. The van der Waals surface area contributed by atoms with Crippen LogP contribution in [0, 0.1) is 6.92 Å². The number of amides is 1. The van der Waals surface area contributed by atoms with Crippen molar-refractivity contribution in [1.29, 1.82) is 0 Å². The number of ether oxygens (including phenoxy) is 1. The molecule has 1 rings (SSSR count). The Morgan fingerprint density at radius 2 is 2.14 bits per heavy atom. The molecule has 0 aliphatic rings. The van der Waals surface area contributed by atoms with E-state index >= 15 is 0 Å². The topological polar surface area (TPSA) is 108 Å². The highest BCUT2D eigenvalue weighted by Gasteiger charge is 2.17. The maximum absolute atomic E-state index is 12.4. The molecular formula is C14H21N3O4. The highest BCUT2D eigenvalue weighted by molar-refractivity contribution is 5.95. The van der Waals surface area contributed by atoms with Gasteiger partial charge < -0.3 is 25.7 Å². The molecule has 0 aromatic heterocycles. The van der Waals surface area contributed by atoms with Crippen LogP contribution in [-0.2, 0) is 4.74 Å². The molecule has 1 aromatic rings. The van der Waals surface area contributed by atoms with E-state index in [1.54, 1.807) is 26.2 Å².